The van der Waals surface area contributed by atoms with Gasteiger partial charge in [-0.1, -0.05) is 62.3 Å². The van der Waals surface area contributed by atoms with Gasteiger partial charge in [-0.15, -0.1) is 0 Å². The number of rotatable bonds is 1. The molecule has 0 radical (unpaired) electrons. The third-order valence-corrected chi connectivity index (χ3v) is 10.8. The predicted molar refractivity (Wildman–Crippen MR) is 72.2 cm³/mol. The van der Waals surface area contributed by atoms with Crippen molar-refractivity contribution in [3.8, 4) is 0 Å². The van der Waals surface area contributed by atoms with Crippen LogP contribution in [0.1, 0.15) is 62.3 Å². The zero-order valence-electron chi connectivity index (χ0n) is 12.1. The molecule has 3 heteroatoms. The molecule has 0 aliphatic heterocycles. The van der Waals surface area contributed by atoms with Crippen LogP contribution in [0.25, 0.3) is 0 Å². The molecule has 0 saturated heterocycles. The van der Waals surface area contributed by atoms with Gasteiger partial charge in [-0.25, -0.2) is 0 Å². The van der Waals surface area contributed by atoms with Crippen LogP contribution in [0.5, 0.6) is 0 Å². The third-order valence-electron chi connectivity index (χ3n) is 3.59. The Morgan fingerprint density at radius 3 is 0.867 bits per heavy atom. The Kier molecular flexibility index (Phi) is 3.90. The van der Waals surface area contributed by atoms with E-state index in [1.54, 1.807) is 0 Å². The Morgan fingerprint density at radius 2 is 0.867 bits per heavy atom. The summed E-state index contributed by atoms with van der Waals surface area (Å²) in [7, 11) is -1.85. The minimum absolute atomic E-state index is 0.234. The first kappa shape index (κ1) is 15.1. The van der Waals surface area contributed by atoms with E-state index in [-0.39, 0.29) is 15.1 Å². The molecule has 0 aromatic heterocycles. The van der Waals surface area contributed by atoms with E-state index in [2.05, 4.69) is 67.4 Å². The SMILES string of the molecule is CC(C)(C)[Si](NN)(C(C)(C)C)C(C)(C)C. The van der Waals surface area contributed by atoms with Crippen molar-refractivity contribution in [2.75, 3.05) is 0 Å². The summed E-state index contributed by atoms with van der Waals surface area (Å²) >= 11 is 0. The first-order valence-corrected chi connectivity index (χ1v) is 7.79. The maximum Gasteiger partial charge on any atom is 0.157 e. The quantitative estimate of drug-likeness (QED) is 0.408. The van der Waals surface area contributed by atoms with Crippen molar-refractivity contribution in [2.45, 2.75) is 77.4 Å². The van der Waals surface area contributed by atoms with Gasteiger partial charge in [-0.3, -0.25) is 10.9 Å². The lowest BCUT2D eigenvalue weighted by atomic mass is 10.2. The normalized spacial score (nSPS) is 15.6. The van der Waals surface area contributed by atoms with E-state index < -0.39 is 8.24 Å². The average molecular weight is 230 g/mol. The summed E-state index contributed by atoms with van der Waals surface area (Å²) in [6, 6.07) is 0. The van der Waals surface area contributed by atoms with Crippen LogP contribution in [0.15, 0.2) is 0 Å². The smallest absolute Gasteiger partial charge is 0.157 e. The summed E-state index contributed by atoms with van der Waals surface area (Å²) in [6.07, 6.45) is 0. The van der Waals surface area contributed by atoms with Gasteiger partial charge >= 0.3 is 0 Å². The number of hydrogen-bond donors (Lipinski definition) is 2. The highest BCUT2D eigenvalue weighted by molar-refractivity contribution is 6.85. The Morgan fingerprint density at radius 1 is 0.667 bits per heavy atom. The van der Waals surface area contributed by atoms with Crippen LogP contribution in [0.2, 0.25) is 15.1 Å². The van der Waals surface area contributed by atoms with Crippen LogP contribution in [0.3, 0.4) is 0 Å². The molecule has 0 atom stereocenters. The highest BCUT2D eigenvalue weighted by Crippen LogP contribution is 2.59. The topological polar surface area (TPSA) is 38.0 Å². The van der Waals surface area contributed by atoms with Gasteiger partial charge in [0.2, 0.25) is 0 Å². The number of hydrogen-bond acceptors (Lipinski definition) is 2. The lowest BCUT2D eigenvalue weighted by Crippen LogP contribution is -2.70. The number of hydrazine groups is 1. The van der Waals surface area contributed by atoms with Gasteiger partial charge in [-0.2, -0.15) is 0 Å². The minimum Gasteiger partial charge on any atom is -0.280 e. The fourth-order valence-electron chi connectivity index (χ4n) is 4.02. The van der Waals surface area contributed by atoms with Crippen LogP contribution >= 0.6 is 0 Å². The average Bonchev–Trinajstić information content (AvgIpc) is 1.76. The molecule has 0 fully saturated rings. The molecule has 0 rings (SSSR count). The van der Waals surface area contributed by atoms with Crippen LogP contribution in [0, 0.1) is 0 Å². The first-order valence-electron chi connectivity index (χ1n) is 5.79. The highest BCUT2D eigenvalue weighted by atomic mass is 28.3. The summed E-state index contributed by atoms with van der Waals surface area (Å²) < 4.78 is 0. The fourth-order valence-corrected chi connectivity index (χ4v) is 12.1. The summed E-state index contributed by atoms with van der Waals surface area (Å²) in [6.45, 7) is 20.8. The van der Waals surface area contributed by atoms with Crippen molar-refractivity contribution in [1.29, 1.82) is 0 Å². The number of nitrogens with two attached hydrogens (primary N) is 1. The van der Waals surface area contributed by atoms with Crippen molar-refractivity contribution in [3.63, 3.8) is 0 Å². The van der Waals surface area contributed by atoms with Crippen LogP contribution < -0.4 is 10.9 Å². The van der Waals surface area contributed by atoms with Gasteiger partial charge in [0, 0.05) is 0 Å². The largest absolute Gasteiger partial charge is 0.280 e. The molecule has 0 aliphatic carbocycles. The van der Waals surface area contributed by atoms with E-state index in [0.29, 0.717) is 0 Å². The standard InChI is InChI=1S/C12H30N2Si/c1-10(2,3)15(14-13,11(4,5)6)12(7,8)9/h14H,13H2,1-9H3. The molecule has 15 heavy (non-hydrogen) atoms. The Bertz CT molecular complexity index is 179. The minimum atomic E-state index is -1.85. The predicted octanol–water partition coefficient (Wildman–Crippen LogP) is 3.80. The molecule has 0 spiro atoms. The van der Waals surface area contributed by atoms with E-state index in [1.807, 2.05) is 0 Å². The van der Waals surface area contributed by atoms with Gasteiger partial charge in [-0.05, 0) is 15.1 Å². The Balaban J connectivity index is 5.78. The molecule has 0 heterocycles. The molecular formula is C12H30N2Si. The van der Waals surface area contributed by atoms with Crippen molar-refractivity contribution in [3.05, 3.63) is 0 Å². The maximum atomic E-state index is 5.98. The first-order chi connectivity index (χ1) is 6.31. The zero-order valence-corrected chi connectivity index (χ0v) is 13.1. The second-order valence-electron chi connectivity index (χ2n) is 7.64. The Labute approximate surface area is 97.1 Å². The molecule has 0 amide bonds. The molecular weight excluding hydrogens is 200 g/mol. The molecule has 0 unspecified atom stereocenters. The molecule has 0 saturated carbocycles. The van der Waals surface area contributed by atoms with Gasteiger partial charge in [0.15, 0.2) is 8.24 Å². The lowest BCUT2D eigenvalue weighted by Gasteiger charge is -2.58. The van der Waals surface area contributed by atoms with Crippen molar-refractivity contribution in [2.24, 2.45) is 5.84 Å². The summed E-state index contributed by atoms with van der Waals surface area (Å²) in [5.74, 6) is 5.98. The molecule has 3 N–H and O–H groups in total. The monoisotopic (exact) mass is 230 g/mol. The summed E-state index contributed by atoms with van der Waals surface area (Å²) in [5.41, 5.74) is 0. The van der Waals surface area contributed by atoms with Gasteiger partial charge in [0.25, 0.3) is 0 Å². The maximum absolute atomic E-state index is 5.98. The van der Waals surface area contributed by atoms with Crippen molar-refractivity contribution in [1.82, 2.24) is 5.09 Å². The van der Waals surface area contributed by atoms with Crippen LogP contribution in [-0.2, 0) is 0 Å². The Hall–Kier alpha value is 0.137. The molecule has 0 bridgehead atoms. The summed E-state index contributed by atoms with van der Waals surface area (Å²) in [5, 5.41) is 3.98. The molecule has 0 aromatic carbocycles. The van der Waals surface area contributed by atoms with E-state index in [1.165, 1.54) is 0 Å². The number of nitrogens with one attached hydrogen (secondary N) is 1. The van der Waals surface area contributed by atoms with Gasteiger partial charge < -0.3 is 0 Å². The van der Waals surface area contributed by atoms with E-state index >= 15 is 0 Å². The third kappa shape index (κ3) is 2.29. The second-order valence-corrected chi connectivity index (χ2v) is 13.9. The molecule has 0 aliphatic rings. The van der Waals surface area contributed by atoms with E-state index in [4.69, 9.17) is 5.84 Å². The molecule has 2 nitrogen and oxygen atoms in total. The second kappa shape index (κ2) is 3.86. The van der Waals surface area contributed by atoms with E-state index in [0.717, 1.165) is 0 Å². The zero-order chi connectivity index (χ0) is 12.7. The molecule has 0 aromatic rings. The van der Waals surface area contributed by atoms with Crippen molar-refractivity contribution < 1.29 is 0 Å². The van der Waals surface area contributed by atoms with Gasteiger partial charge in [0.05, 0.1) is 0 Å². The van der Waals surface area contributed by atoms with Crippen LogP contribution in [-0.4, -0.2) is 8.24 Å². The van der Waals surface area contributed by atoms with Crippen molar-refractivity contribution >= 4 is 8.24 Å². The molecule has 92 valence electrons. The highest BCUT2D eigenvalue weighted by Gasteiger charge is 2.59. The van der Waals surface area contributed by atoms with E-state index in [9.17, 15) is 0 Å². The summed E-state index contributed by atoms with van der Waals surface area (Å²) in [4.78, 5) is 0. The fraction of sp³-hybridized carbons (Fsp3) is 1.00. The van der Waals surface area contributed by atoms with Crippen LogP contribution in [0.4, 0.5) is 0 Å². The lowest BCUT2D eigenvalue weighted by molar-refractivity contribution is 0.505. The van der Waals surface area contributed by atoms with Gasteiger partial charge in [0.1, 0.15) is 0 Å².